The molecule has 1 aliphatic rings. The molecule has 2 unspecified atom stereocenters. The van der Waals surface area contributed by atoms with Crippen LogP contribution < -0.4 is 0 Å². The van der Waals surface area contributed by atoms with Crippen molar-refractivity contribution in [2.75, 3.05) is 26.4 Å². The minimum Gasteiger partial charge on any atom is -0.379 e. The van der Waals surface area contributed by atoms with Crippen molar-refractivity contribution in [1.29, 1.82) is 0 Å². The lowest BCUT2D eigenvalue weighted by atomic mass is 10.0. The van der Waals surface area contributed by atoms with Gasteiger partial charge >= 0.3 is 0 Å². The van der Waals surface area contributed by atoms with Crippen LogP contribution in [0.3, 0.4) is 0 Å². The van der Waals surface area contributed by atoms with Gasteiger partial charge in [-0.25, -0.2) is 0 Å². The van der Waals surface area contributed by atoms with E-state index < -0.39 is 0 Å². The van der Waals surface area contributed by atoms with E-state index in [0.29, 0.717) is 12.2 Å². The van der Waals surface area contributed by atoms with Gasteiger partial charge in [-0.15, -0.1) is 0 Å². The average molecular weight is 455 g/mol. The number of unbranched alkanes of at least 4 members (excludes halogenated alkanes) is 16. The minimum atomic E-state index is 0.385. The second-order valence-corrected chi connectivity index (χ2v) is 10.1. The van der Waals surface area contributed by atoms with Gasteiger partial charge in [-0.3, -0.25) is 0 Å². The predicted molar refractivity (Wildman–Crippen MR) is 139 cm³/mol. The highest BCUT2D eigenvalue weighted by Gasteiger charge is 2.22. The summed E-state index contributed by atoms with van der Waals surface area (Å²) in [5, 5.41) is 0. The van der Waals surface area contributed by atoms with E-state index in [1.165, 1.54) is 122 Å². The Morgan fingerprint density at radius 2 is 1.06 bits per heavy atom. The Morgan fingerprint density at radius 3 is 1.59 bits per heavy atom. The maximum Gasteiger partial charge on any atom is 0.104 e. The molecule has 0 amide bonds. The van der Waals surface area contributed by atoms with Gasteiger partial charge in [0.15, 0.2) is 0 Å². The lowest BCUT2D eigenvalue weighted by Gasteiger charge is -2.18. The largest absolute Gasteiger partial charge is 0.379 e. The molecule has 1 aliphatic heterocycles. The van der Waals surface area contributed by atoms with Crippen molar-refractivity contribution in [3.63, 3.8) is 0 Å². The molecule has 192 valence electrons. The highest BCUT2D eigenvalue weighted by atomic mass is 16.6. The zero-order chi connectivity index (χ0) is 23.0. The van der Waals surface area contributed by atoms with E-state index in [-0.39, 0.29) is 0 Å². The Morgan fingerprint density at radius 1 is 0.594 bits per heavy atom. The maximum atomic E-state index is 6.33. The number of rotatable bonds is 27. The summed E-state index contributed by atoms with van der Waals surface area (Å²) in [6.07, 6.45) is 29.3. The first-order chi connectivity index (χ1) is 15.9. The van der Waals surface area contributed by atoms with Gasteiger partial charge in [0.2, 0.25) is 0 Å². The standard InChI is InChI=1S/C29H58O3/c1-3-5-7-9-11-12-13-14-16-18-20-25-31-28(22-19-17-15-10-8-6-4-2)23-21-24-30-26-29-27-32-29/h28-29H,3-27H2,1-2H3. The van der Waals surface area contributed by atoms with Crippen LogP contribution in [0.2, 0.25) is 0 Å². The van der Waals surface area contributed by atoms with Gasteiger partial charge in [0.05, 0.1) is 19.3 Å². The van der Waals surface area contributed by atoms with Gasteiger partial charge in [-0.2, -0.15) is 0 Å². The molecule has 3 heteroatoms. The van der Waals surface area contributed by atoms with E-state index in [9.17, 15) is 0 Å². The van der Waals surface area contributed by atoms with Crippen LogP contribution in [0.15, 0.2) is 0 Å². The fourth-order valence-electron chi connectivity index (χ4n) is 4.45. The fourth-order valence-corrected chi connectivity index (χ4v) is 4.45. The van der Waals surface area contributed by atoms with E-state index in [0.717, 1.165) is 39.3 Å². The minimum absolute atomic E-state index is 0.385. The van der Waals surface area contributed by atoms with Gasteiger partial charge in [0, 0.05) is 13.2 Å². The molecular weight excluding hydrogens is 396 g/mol. The maximum absolute atomic E-state index is 6.33. The summed E-state index contributed by atoms with van der Waals surface area (Å²) in [6, 6.07) is 0. The summed E-state index contributed by atoms with van der Waals surface area (Å²) >= 11 is 0. The van der Waals surface area contributed by atoms with E-state index in [2.05, 4.69) is 13.8 Å². The monoisotopic (exact) mass is 454 g/mol. The third kappa shape index (κ3) is 21.7. The van der Waals surface area contributed by atoms with Crippen molar-refractivity contribution in [2.45, 2.75) is 161 Å². The van der Waals surface area contributed by atoms with Crippen molar-refractivity contribution >= 4 is 0 Å². The highest BCUT2D eigenvalue weighted by molar-refractivity contribution is 4.67. The molecule has 2 atom stereocenters. The molecule has 0 spiro atoms. The molecule has 1 saturated heterocycles. The third-order valence-electron chi connectivity index (χ3n) is 6.75. The summed E-state index contributed by atoms with van der Waals surface area (Å²) in [5.41, 5.74) is 0. The van der Waals surface area contributed by atoms with Crippen LogP contribution in [0.1, 0.15) is 149 Å². The normalized spacial score (nSPS) is 16.5. The number of epoxide rings is 1. The molecule has 3 nitrogen and oxygen atoms in total. The molecule has 0 bridgehead atoms. The van der Waals surface area contributed by atoms with Crippen molar-refractivity contribution < 1.29 is 14.2 Å². The summed E-state index contributed by atoms with van der Waals surface area (Å²) in [5.74, 6) is 0. The molecule has 32 heavy (non-hydrogen) atoms. The first-order valence-corrected chi connectivity index (χ1v) is 14.7. The molecule has 0 aromatic heterocycles. The van der Waals surface area contributed by atoms with Crippen LogP contribution in [0.4, 0.5) is 0 Å². The predicted octanol–water partition coefficient (Wildman–Crippen LogP) is 9.02. The van der Waals surface area contributed by atoms with Gasteiger partial charge in [-0.05, 0) is 25.7 Å². The van der Waals surface area contributed by atoms with Gasteiger partial charge in [0.25, 0.3) is 0 Å². The molecule has 0 N–H and O–H groups in total. The summed E-state index contributed by atoms with van der Waals surface area (Å²) in [7, 11) is 0. The van der Waals surface area contributed by atoms with E-state index in [1.807, 2.05) is 0 Å². The van der Waals surface area contributed by atoms with Crippen LogP contribution in [0, 0.1) is 0 Å². The molecule has 0 saturated carbocycles. The van der Waals surface area contributed by atoms with Crippen LogP contribution in [-0.2, 0) is 14.2 Å². The molecule has 1 heterocycles. The SMILES string of the molecule is CCCCCCCCCCCCCOC(CCCCCCCCC)CCCOCC1CO1. The Kier molecular flexibility index (Phi) is 22.5. The summed E-state index contributed by atoms with van der Waals surface area (Å²) < 4.78 is 17.3. The summed E-state index contributed by atoms with van der Waals surface area (Å²) in [4.78, 5) is 0. The van der Waals surface area contributed by atoms with Crippen LogP contribution in [0.5, 0.6) is 0 Å². The second-order valence-electron chi connectivity index (χ2n) is 10.1. The lowest BCUT2D eigenvalue weighted by molar-refractivity contribution is 0.0276. The number of hydrogen-bond acceptors (Lipinski definition) is 3. The summed E-state index contributed by atoms with van der Waals surface area (Å²) in [6.45, 7) is 8.07. The molecule has 0 aromatic carbocycles. The smallest absolute Gasteiger partial charge is 0.104 e. The van der Waals surface area contributed by atoms with E-state index in [4.69, 9.17) is 14.2 Å². The molecular formula is C29H58O3. The highest BCUT2D eigenvalue weighted by Crippen LogP contribution is 2.17. The molecule has 0 aromatic rings. The number of hydrogen-bond donors (Lipinski definition) is 0. The Labute approximate surface area is 201 Å². The van der Waals surface area contributed by atoms with Gasteiger partial charge in [-0.1, -0.05) is 123 Å². The number of ether oxygens (including phenoxy) is 3. The molecule has 0 radical (unpaired) electrons. The Hall–Kier alpha value is -0.120. The van der Waals surface area contributed by atoms with Crippen molar-refractivity contribution in [1.82, 2.24) is 0 Å². The molecule has 0 aliphatic carbocycles. The third-order valence-corrected chi connectivity index (χ3v) is 6.75. The second kappa shape index (κ2) is 24.0. The van der Waals surface area contributed by atoms with Crippen LogP contribution in [-0.4, -0.2) is 38.6 Å². The van der Waals surface area contributed by atoms with Gasteiger partial charge in [0.1, 0.15) is 6.10 Å². The zero-order valence-corrected chi connectivity index (χ0v) is 22.1. The average Bonchev–Trinajstić information content (AvgIpc) is 3.63. The zero-order valence-electron chi connectivity index (χ0n) is 22.1. The van der Waals surface area contributed by atoms with Crippen molar-refractivity contribution in [3.05, 3.63) is 0 Å². The molecule has 1 rings (SSSR count). The van der Waals surface area contributed by atoms with E-state index >= 15 is 0 Å². The van der Waals surface area contributed by atoms with Crippen LogP contribution in [0.25, 0.3) is 0 Å². The topological polar surface area (TPSA) is 31.0 Å². The Bertz CT molecular complexity index is 356. The van der Waals surface area contributed by atoms with Gasteiger partial charge < -0.3 is 14.2 Å². The molecule has 1 fully saturated rings. The Balaban J connectivity index is 1.99. The van der Waals surface area contributed by atoms with Crippen molar-refractivity contribution in [2.24, 2.45) is 0 Å². The lowest BCUT2D eigenvalue weighted by Crippen LogP contribution is -2.15. The quantitative estimate of drug-likeness (QED) is 0.0916. The van der Waals surface area contributed by atoms with Crippen LogP contribution >= 0.6 is 0 Å². The first-order valence-electron chi connectivity index (χ1n) is 14.7. The van der Waals surface area contributed by atoms with E-state index in [1.54, 1.807) is 0 Å². The fraction of sp³-hybridized carbons (Fsp3) is 1.00. The van der Waals surface area contributed by atoms with Crippen molar-refractivity contribution in [3.8, 4) is 0 Å². The first kappa shape index (κ1) is 29.9.